The predicted octanol–water partition coefficient (Wildman–Crippen LogP) is 4.10. The number of nitrogens with one attached hydrogen (secondary N) is 1. The van der Waals surface area contributed by atoms with Gasteiger partial charge in [0, 0.05) is 17.8 Å². The van der Waals surface area contributed by atoms with E-state index in [1.807, 2.05) is 12.1 Å². The largest absolute Gasteiger partial charge is 0.384 e. The molecule has 1 N–H and O–H groups in total. The highest BCUT2D eigenvalue weighted by molar-refractivity contribution is 5.62. The number of anilines is 1. The molecule has 2 aliphatic carbocycles. The van der Waals surface area contributed by atoms with Crippen molar-refractivity contribution in [3.05, 3.63) is 29.3 Å². The monoisotopic (exact) mass is 245 g/mol. The van der Waals surface area contributed by atoms with Gasteiger partial charge < -0.3 is 5.32 Å². The second-order valence-electron chi connectivity index (χ2n) is 6.30. The smallest absolute Gasteiger partial charge is 0.130 e. The fraction of sp³-hybridized carbons (Fsp3) is 0.625. The molecule has 18 heavy (non-hydrogen) atoms. The molecule has 0 aromatic heterocycles. The molecular formula is C16H20FN. The van der Waals surface area contributed by atoms with Gasteiger partial charge in [-0.2, -0.15) is 0 Å². The van der Waals surface area contributed by atoms with Crippen LogP contribution in [0.15, 0.2) is 18.2 Å². The Balaban J connectivity index is 1.65. The van der Waals surface area contributed by atoms with Crippen LogP contribution in [-0.2, 0) is 6.42 Å². The molecule has 1 aliphatic heterocycles. The number of benzene rings is 1. The van der Waals surface area contributed by atoms with Crippen molar-refractivity contribution in [2.75, 3.05) is 11.9 Å². The van der Waals surface area contributed by atoms with Crippen molar-refractivity contribution < 1.29 is 4.39 Å². The van der Waals surface area contributed by atoms with Gasteiger partial charge in [-0.15, -0.1) is 0 Å². The van der Waals surface area contributed by atoms with Crippen LogP contribution in [0.2, 0.25) is 0 Å². The lowest BCUT2D eigenvalue weighted by molar-refractivity contribution is 0.168. The Morgan fingerprint density at radius 2 is 2.17 bits per heavy atom. The Morgan fingerprint density at radius 3 is 2.94 bits per heavy atom. The minimum atomic E-state index is -0.749. The van der Waals surface area contributed by atoms with Gasteiger partial charge >= 0.3 is 0 Å². The van der Waals surface area contributed by atoms with E-state index in [1.54, 1.807) is 0 Å². The minimum Gasteiger partial charge on any atom is -0.384 e. The number of fused-ring (bicyclic) bond motifs is 3. The molecule has 2 heteroatoms. The lowest BCUT2D eigenvalue weighted by atomic mass is 9.82. The highest BCUT2D eigenvalue weighted by atomic mass is 19.1. The zero-order valence-electron chi connectivity index (χ0n) is 10.7. The normalized spacial score (nSPS) is 34.4. The third-order valence-electron chi connectivity index (χ3n) is 5.34. The van der Waals surface area contributed by atoms with Gasteiger partial charge in [0.2, 0.25) is 0 Å². The highest BCUT2D eigenvalue weighted by Gasteiger charge is 2.44. The average molecular weight is 245 g/mol. The zero-order valence-corrected chi connectivity index (χ0v) is 10.7. The Morgan fingerprint density at radius 1 is 1.22 bits per heavy atom. The molecule has 3 aliphatic rings. The van der Waals surface area contributed by atoms with Crippen LogP contribution in [0.1, 0.15) is 43.0 Å². The summed E-state index contributed by atoms with van der Waals surface area (Å²) in [5.41, 5.74) is 3.34. The van der Waals surface area contributed by atoms with E-state index in [9.17, 15) is 4.39 Å². The standard InChI is InChI=1S/C16H20FN/c17-15(14-9-10-4-5-12(14)8-10)13-3-1-2-11-6-7-18-16(11)13/h1-3,10,12,14-15,18H,4-9H2. The molecule has 96 valence electrons. The maximum Gasteiger partial charge on any atom is 0.130 e. The summed E-state index contributed by atoms with van der Waals surface area (Å²) in [6.07, 6.45) is 5.31. The van der Waals surface area contributed by atoms with Crippen molar-refractivity contribution >= 4 is 5.69 Å². The molecule has 0 radical (unpaired) electrons. The Kier molecular flexibility index (Phi) is 2.39. The first-order chi connectivity index (χ1) is 8.83. The van der Waals surface area contributed by atoms with Gasteiger partial charge in [-0.25, -0.2) is 4.39 Å². The summed E-state index contributed by atoms with van der Waals surface area (Å²) in [5, 5.41) is 3.38. The van der Waals surface area contributed by atoms with Crippen LogP contribution in [0.4, 0.5) is 10.1 Å². The van der Waals surface area contributed by atoms with E-state index in [-0.39, 0.29) is 5.92 Å². The molecular weight excluding hydrogens is 225 g/mol. The third kappa shape index (κ3) is 1.51. The second kappa shape index (κ2) is 3.97. The fourth-order valence-electron chi connectivity index (χ4n) is 4.48. The van der Waals surface area contributed by atoms with Gasteiger partial charge in [-0.3, -0.25) is 0 Å². The maximum absolute atomic E-state index is 14.9. The van der Waals surface area contributed by atoms with Crippen LogP contribution in [0, 0.1) is 17.8 Å². The lowest BCUT2D eigenvalue weighted by Crippen LogP contribution is -2.17. The van der Waals surface area contributed by atoms with Crippen molar-refractivity contribution in [1.82, 2.24) is 0 Å². The molecule has 1 nitrogen and oxygen atoms in total. The fourth-order valence-corrected chi connectivity index (χ4v) is 4.48. The topological polar surface area (TPSA) is 12.0 Å². The van der Waals surface area contributed by atoms with Crippen LogP contribution < -0.4 is 5.32 Å². The third-order valence-corrected chi connectivity index (χ3v) is 5.34. The molecule has 2 saturated carbocycles. The van der Waals surface area contributed by atoms with E-state index in [0.29, 0.717) is 5.92 Å². The van der Waals surface area contributed by atoms with Crippen LogP contribution in [-0.4, -0.2) is 6.54 Å². The molecule has 2 fully saturated rings. The van der Waals surface area contributed by atoms with Crippen molar-refractivity contribution in [2.45, 2.75) is 38.3 Å². The summed E-state index contributed by atoms with van der Waals surface area (Å²) < 4.78 is 14.9. The SMILES string of the molecule is FC(c1cccc2c1NCC2)C1CC2CCC1C2. The molecule has 4 unspecified atom stereocenters. The van der Waals surface area contributed by atoms with E-state index in [4.69, 9.17) is 0 Å². The van der Waals surface area contributed by atoms with Crippen molar-refractivity contribution in [1.29, 1.82) is 0 Å². The first-order valence-electron chi connectivity index (χ1n) is 7.32. The predicted molar refractivity (Wildman–Crippen MR) is 71.4 cm³/mol. The number of hydrogen-bond acceptors (Lipinski definition) is 1. The Labute approximate surface area is 108 Å². The molecule has 1 aromatic rings. The molecule has 1 heterocycles. The summed E-state index contributed by atoms with van der Waals surface area (Å²) in [6, 6.07) is 6.15. The highest BCUT2D eigenvalue weighted by Crippen LogP contribution is 2.54. The number of hydrogen-bond donors (Lipinski definition) is 1. The van der Waals surface area contributed by atoms with Gasteiger partial charge in [0.25, 0.3) is 0 Å². The Bertz CT molecular complexity index is 470. The van der Waals surface area contributed by atoms with E-state index in [0.717, 1.165) is 36.6 Å². The van der Waals surface area contributed by atoms with Crippen LogP contribution in [0.3, 0.4) is 0 Å². The molecule has 4 rings (SSSR count). The van der Waals surface area contributed by atoms with Gasteiger partial charge in [-0.05, 0) is 49.0 Å². The van der Waals surface area contributed by atoms with E-state index in [1.165, 1.54) is 24.8 Å². The van der Waals surface area contributed by atoms with Gasteiger partial charge in [0.05, 0.1) is 0 Å². The number of rotatable bonds is 2. The molecule has 2 bridgehead atoms. The molecule has 0 saturated heterocycles. The molecule has 4 atom stereocenters. The average Bonchev–Trinajstić information content (AvgIpc) is 3.12. The minimum absolute atomic E-state index is 0.289. The van der Waals surface area contributed by atoms with Crippen LogP contribution in [0.5, 0.6) is 0 Å². The summed E-state index contributed by atoms with van der Waals surface area (Å²) >= 11 is 0. The molecule has 1 aromatic carbocycles. The van der Waals surface area contributed by atoms with Crippen LogP contribution >= 0.6 is 0 Å². The van der Waals surface area contributed by atoms with Gasteiger partial charge in [0.1, 0.15) is 6.17 Å². The van der Waals surface area contributed by atoms with Gasteiger partial charge in [0.15, 0.2) is 0 Å². The first kappa shape index (κ1) is 10.8. The lowest BCUT2D eigenvalue weighted by Gasteiger charge is -2.26. The van der Waals surface area contributed by atoms with E-state index >= 15 is 0 Å². The zero-order chi connectivity index (χ0) is 12.1. The molecule has 0 amide bonds. The second-order valence-corrected chi connectivity index (χ2v) is 6.30. The Hall–Kier alpha value is -1.05. The summed E-state index contributed by atoms with van der Waals surface area (Å²) in [7, 11) is 0. The maximum atomic E-state index is 14.9. The van der Waals surface area contributed by atoms with Crippen molar-refractivity contribution in [3.8, 4) is 0 Å². The summed E-state index contributed by atoms with van der Waals surface area (Å²) in [6.45, 7) is 0.968. The first-order valence-corrected chi connectivity index (χ1v) is 7.32. The van der Waals surface area contributed by atoms with Crippen molar-refractivity contribution in [2.24, 2.45) is 17.8 Å². The molecule has 0 spiro atoms. The van der Waals surface area contributed by atoms with Gasteiger partial charge in [-0.1, -0.05) is 24.6 Å². The summed E-state index contributed by atoms with van der Waals surface area (Å²) in [5.74, 6) is 1.77. The van der Waals surface area contributed by atoms with Crippen molar-refractivity contribution in [3.63, 3.8) is 0 Å². The van der Waals surface area contributed by atoms with Crippen LogP contribution in [0.25, 0.3) is 0 Å². The number of para-hydroxylation sites is 1. The number of halogens is 1. The quantitative estimate of drug-likeness (QED) is 0.827. The number of alkyl halides is 1. The van der Waals surface area contributed by atoms with E-state index in [2.05, 4.69) is 11.4 Å². The van der Waals surface area contributed by atoms with E-state index < -0.39 is 6.17 Å². The summed E-state index contributed by atoms with van der Waals surface area (Å²) in [4.78, 5) is 0.